The molecule has 0 unspecified atom stereocenters. The minimum absolute atomic E-state index is 0.371. The van der Waals surface area contributed by atoms with E-state index in [9.17, 15) is 4.79 Å². The monoisotopic (exact) mass is 250 g/mol. The number of rotatable bonds is 4. The topological polar surface area (TPSA) is 41.6 Å². The van der Waals surface area contributed by atoms with Gasteiger partial charge in [-0.1, -0.05) is 18.2 Å². The number of hydrogen-bond acceptors (Lipinski definition) is 3. The quantitative estimate of drug-likeness (QED) is 0.893. The number of likely N-dealkylation sites (N-methyl/N-ethyl adjacent to an activating group) is 1. The van der Waals surface area contributed by atoms with Crippen molar-refractivity contribution >= 4 is 11.8 Å². The molecule has 1 N–H and O–H groups in total. The first kappa shape index (κ1) is 14.4. The molecule has 1 amide bonds. The first-order valence-electron chi connectivity index (χ1n) is 6.11. The summed E-state index contributed by atoms with van der Waals surface area (Å²) in [6, 6.07) is 10.0. The van der Waals surface area contributed by atoms with Crippen LogP contribution in [-0.4, -0.2) is 31.8 Å². The van der Waals surface area contributed by atoms with Crippen molar-refractivity contribution in [1.29, 1.82) is 0 Å². The molecule has 0 saturated carbocycles. The largest absolute Gasteiger partial charge is 0.444 e. The fraction of sp³-hybridized carbons (Fsp3) is 0.500. The van der Waals surface area contributed by atoms with Crippen molar-refractivity contribution in [2.75, 3.05) is 25.0 Å². The molecule has 0 fully saturated rings. The fourth-order valence-electron chi connectivity index (χ4n) is 1.45. The molecule has 1 aromatic rings. The Morgan fingerprint density at radius 2 is 1.89 bits per heavy atom. The van der Waals surface area contributed by atoms with Gasteiger partial charge in [0.2, 0.25) is 0 Å². The van der Waals surface area contributed by atoms with Crippen LogP contribution in [0.4, 0.5) is 10.5 Å². The average molecular weight is 250 g/mol. The molecule has 0 aliphatic heterocycles. The zero-order chi connectivity index (χ0) is 13.6. The molecule has 0 radical (unpaired) electrons. The van der Waals surface area contributed by atoms with Gasteiger partial charge in [-0.3, -0.25) is 0 Å². The molecule has 0 saturated heterocycles. The summed E-state index contributed by atoms with van der Waals surface area (Å²) >= 11 is 0. The number of carbonyl (C=O) groups is 1. The SMILES string of the molecule is CN(CCNC(=O)OC(C)(C)C)c1ccccc1. The minimum Gasteiger partial charge on any atom is -0.444 e. The Morgan fingerprint density at radius 1 is 1.28 bits per heavy atom. The van der Waals surface area contributed by atoms with Crippen molar-refractivity contribution in [3.63, 3.8) is 0 Å². The van der Waals surface area contributed by atoms with E-state index in [0.29, 0.717) is 6.54 Å². The molecule has 0 aliphatic carbocycles. The summed E-state index contributed by atoms with van der Waals surface area (Å²) in [7, 11) is 1.99. The highest BCUT2D eigenvalue weighted by Gasteiger charge is 2.15. The predicted octanol–water partition coefficient (Wildman–Crippen LogP) is 2.65. The smallest absolute Gasteiger partial charge is 0.407 e. The normalized spacial score (nSPS) is 10.9. The molecule has 0 atom stereocenters. The van der Waals surface area contributed by atoms with E-state index in [1.807, 2.05) is 58.2 Å². The van der Waals surface area contributed by atoms with Gasteiger partial charge in [0.05, 0.1) is 0 Å². The maximum absolute atomic E-state index is 11.4. The Kier molecular flexibility index (Phi) is 5.01. The van der Waals surface area contributed by atoms with E-state index in [2.05, 4.69) is 10.2 Å². The van der Waals surface area contributed by atoms with Crippen LogP contribution in [0.25, 0.3) is 0 Å². The summed E-state index contributed by atoms with van der Waals surface area (Å²) in [6.45, 7) is 6.84. The van der Waals surface area contributed by atoms with Crippen LogP contribution in [0.2, 0.25) is 0 Å². The van der Waals surface area contributed by atoms with Crippen LogP contribution < -0.4 is 10.2 Å². The van der Waals surface area contributed by atoms with Crippen molar-refractivity contribution in [3.05, 3.63) is 30.3 Å². The number of para-hydroxylation sites is 1. The molecule has 1 rings (SSSR count). The number of nitrogens with one attached hydrogen (secondary N) is 1. The van der Waals surface area contributed by atoms with Gasteiger partial charge in [0.1, 0.15) is 5.60 Å². The van der Waals surface area contributed by atoms with Crippen molar-refractivity contribution in [2.24, 2.45) is 0 Å². The molecule has 100 valence electrons. The van der Waals surface area contributed by atoms with E-state index < -0.39 is 5.60 Å². The molecule has 0 bridgehead atoms. The highest BCUT2D eigenvalue weighted by molar-refractivity contribution is 5.67. The Labute approximate surface area is 109 Å². The van der Waals surface area contributed by atoms with Crippen LogP contribution in [0, 0.1) is 0 Å². The number of benzene rings is 1. The minimum atomic E-state index is -0.449. The molecular weight excluding hydrogens is 228 g/mol. The summed E-state index contributed by atoms with van der Waals surface area (Å²) in [5, 5.41) is 2.74. The van der Waals surface area contributed by atoms with E-state index in [4.69, 9.17) is 4.74 Å². The lowest BCUT2D eigenvalue weighted by Gasteiger charge is -2.22. The fourth-order valence-corrected chi connectivity index (χ4v) is 1.45. The lowest BCUT2D eigenvalue weighted by molar-refractivity contribution is 0.0529. The summed E-state index contributed by atoms with van der Waals surface area (Å²) in [6.07, 6.45) is -0.371. The molecule has 4 heteroatoms. The van der Waals surface area contributed by atoms with Gasteiger partial charge < -0.3 is 15.0 Å². The number of anilines is 1. The Balaban J connectivity index is 2.28. The summed E-state index contributed by atoms with van der Waals surface area (Å²) in [5.74, 6) is 0. The van der Waals surface area contributed by atoms with Crippen LogP contribution in [0.3, 0.4) is 0 Å². The highest BCUT2D eigenvalue weighted by Crippen LogP contribution is 2.10. The molecule has 4 nitrogen and oxygen atoms in total. The van der Waals surface area contributed by atoms with E-state index >= 15 is 0 Å². The molecule has 18 heavy (non-hydrogen) atoms. The van der Waals surface area contributed by atoms with Gasteiger partial charge in [-0.15, -0.1) is 0 Å². The summed E-state index contributed by atoms with van der Waals surface area (Å²) in [4.78, 5) is 13.5. The van der Waals surface area contributed by atoms with Crippen LogP contribution >= 0.6 is 0 Å². The highest BCUT2D eigenvalue weighted by atomic mass is 16.6. The standard InChI is InChI=1S/C14H22N2O2/c1-14(2,3)18-13(17)15-10-11-16(4)12-8-6-5-7-9-12/h5-9H,10-11H2,1-4H3,(H,15,17). The maximum atomic E-state index is 11.4. The zero-order valence-corrected chi connectivity index (χ0v) is 11.6. The zero-order valence-electron chi connectivity index (χ0n) is 11.6. The molecule has 0 aromatic heterocycles. The second-order valence-electron chi connectivity index (χ2n) is 5.19. The van der Waals surface area contributed by atoms with Gasteiger partial charge in [-0.05, 0) is 32.9 Å². The first-order chi connectivity index (χ1) is 8.38. The van der Waals surface area contributed by atoms with Gasteiger partial charge in [0, 0.05) is 25.8 Å². The third-order valence-corrected chi connectivity index (χ3v) is 2.31. The van der Waals surface area contributed by atoms with Crippen molar-refractivity contribution in [2.45, 2.75) is 26.4 Å². The first-order valence-corrected chi connectivity index (χ1v) is 6.11. The lowest BCUT2D eigenvalue weighted by Crippen LogP contribution is -2.37. The number of hydrogen-bond donors (Lipinski definition) is 1. The number of alkyl carbamates (subject to hydrolysis) is 1. The van der Waals surface area contributed by atoms with E-state index in [0.717, 1.165) is 12.2 Å². The van der Waals surface area contributed by atoms with Crippen LogP contribution in [-0.2, 0) is 4.74 Å². The van der Waals surface area contributed by atoms with Gasteiger partial charge in [0.15, 0.2) is 0 Å². The number of ether oxygens (including phenoxy) is 1. The van der Waals surface area contributed by atoms with Gasteiger partial charge in [0.25, 0.3) is 0 Å². The third kappa shape index (κ3) is 5.57. The van der Waals surface area contributed by atoms with Gasteiger partial charge in [-0.2, -0.15) is 0 Å². The van der Waals surface area contributed by atoms with Crippen molar-refractivity contribution < 1.29 is 9.53 Å². The van der Waals surface area contributed by atoms with Gasteiger partial charge >= 0.3 is 6.09 Å². The van der Waals surface area contributed by atoms with E-state index in [1.54, 1.807) is 0 Å². The Bertz CT molecular complexity index is 371. The molecule has 1 aromatic carbocycles. The second-order valence-corrected chi connectivity index (χ2v) is 5.19. The molecule has 0 aliphatic rings. The average Bonchev–Trinajstić information content (AvgIpc) is 2.27. The number of carbonyl (C=O) groups excluding carboxylic acids is 1. The molecular formula is C14H22N2O2. The van der Waals surface area contributed by atoms with Crippen LogP contribution in [0.1, 0.15) is 20.8 Å². The molecule has 0 heterocycles. The molecule has 0 spiro atoms. The summed E-state index contributed by atoms with van der Waals surface area (Å²) < 4.78 is 5.16. The third-order valence-electron chi connectivity index (χ3n) is 2.31. The van der Waals surface area contributed by atoms with Crippen molar-refractivity contribution in [1.82, 2.24) is 5.32 Å². The number of amides is 1. The van der Waals surface area contributed by atoms with Crippen molar-refractivity contribution in [3.8, 4) is 0 Å². The van der Waals surface area contributed by atoms with E-state index in [-0.39, 0.29) is 6.09 Å². The Morgan fingerprint density at radius 3 is 2.44 bits per heavy atom. The van der Waals surface area contributed by atoms with E-state index in [1.165, 1.54) is 0 Å². The van der Waals surface area contributed by atoms with Gasteiger partial charge in [-0.25, -0.2) is 4.79 Å². The predicted molar refractivity (Wildman–Crippen MR) is 73.9 cm³/mol. The summed E-state index contributed by atoms with van der Waals surface area (Å²) in [5.41, 5.74) is 0.679. The Hall–Kier alpha value is -1.71. The number of nitrogens with zero attached hydrogens (tertiary/aromatic N) is 1. The lowest BCUT2D eigenvalue weighted by atomic mass is 10.2. The maximum Gasteiger partial charge on any atom is 0.407 e. The van der Waals surface area contributed by atoms with Crippen LogP contribution in [0.15, 0.2) is 30.3 Å². The van der Waals surface area contributed by atoms with Crippen LogP contribution in [0.5, 0.6) is 0 Å². The second kappa shape index (κ2) is 6.28.